The maximum Gasteiger partial charge on any atom is 0.323 e. The molecule has 1 N–H and O–H groups in total. The second-order valence-corrected chi connectivity index (χ2v) is 4.67. The van der Waals surface area contributed by atoms with Crippen LogP contribution in [0.3, 0.4) is 0 Å². The van der Waals surface area contributed by atoms with Crippen LogP contribution in [0, 0.1) is 0 Å². The number of carbonyl (C=O) groups excluding carboxylic acids is 1. The van der Waals surface area contributed by atoms with Gasteiger partial charge in [-0.15, -0.1) is 0 Å². The molecule has 1 rings (SSSR count). The van der Waals surface area contributed by atoms with Crippen LogP contribution in [-0.2, 0) is 4.79 Å². The van der Waals surface area contributed by atoms with Gasteiger partial charge in [0.1, 0.15) is 12.2 Å². The van der Waals surface area contributed by atoms with Gasteiger partial charge in [-0.1, -0.05) is 6.07 Å². The second kappa shape index (κ2) is 4.95. The molecule has 0 saturated heterocycles. The van der Waals surface area contributed by atoms with E-state index in [0.717, 1.165) is 0 Å². The molecule has 0 aliphatic carbocycles. The normalized spacial score (nSPS) is 11.0. The summed E-state index contributed by atoms with van der Waals surface area (Å²) in [5, 5.41) is 8.83. The Morgan fingerprint density at radius 3 is 2.41 bits per heavy atom. The number of carboxylic acid groups (broad SMARTS) is 1. The van der Waals surface area contributed by atoms with Crippen molar-refractivity contribution in [2.45, 2.75) is 26.3 Å². The van der Waals surface area contributed by atoms with Gasteiger partial charge >= 0.3 is 5.97 Å². The molecule has 5 nitrogen and oxygen atoms in total. The van der Waals surface area contributed by atoms with Gasteiger partial charge in [-0.2, -0.15) is 0 Å². The summed E-state index contributed by atoms with van der Waals surface area (Å²) < 4.78 is 0. The third kappa shape index (κ3) is 3.55. The molecule has 0 atom stereocenters. The molecule has 92 valence electrons. The van der Waals surface area contributed by atoms with Crippen LogP contribution < -0.4 is 0 Å². The fourth-order valence-electron chi connectivity index (χ4n) is 1.38. The van der Waals surface area contributed by atoms with E-state index in [-0.39, 0.29) is 18.1 Å². The maximum atomic E-state index is 12.1. The molecule has 1 heterocycles. The number of amides is 1. The zero-order valence-corrected chi connectivity index (χ0v) is 10.2. The summed E-state index contributed by atoms with van der Waals surface area (Å²) in [5.74, 6) is -1.41. The van der Waals surface area contributed by atoms with Crippen LogP contribution in [0.15, 0.2) is 24.4 Å². The molecule has 17 heavy (non-hydrogen) atoms. The van der Waals surface area contributed by atoms with E-state index in [4.69, 9.17) is 5.11 Å². The minimum atomic E-state index is -1.04. The Morgan fingerprint density at radius 1 is 1.35 bits per heavy atom. The van der Waals surface area contributed by atoms with Crippen LogP contribution in [0.25, 0.3) is 0 Å². The Kier molecular flexibility index (Phi) is 3.83. The van der Waals surface area contributed by atoms with Crippen LogP contribution in [0.2, 0.25) is 0 Å². The zero-order chi connectivity index (χ0) is 13.1. The monoisotopic (exact) mass is 236 g/mol. The Balaban J connectivity index is 3.00. The Hall–Kier alpha value is -1.91. The smallest absolute Gasteiger partial charge is 0.323 e. The average Bonchev–Trinajstić information content (AvgIpc) is 2.24. The molecule has 0 aliphatic rings. The third-order valence-electron chi connectivity index (χ3n) is 2.23. The molecule has 0 saturated carbocycles. The van der Waals surface area contributed by atoms with Crippen LogP contribution in [-0.4, -0.2) is 39.0 Å². The van der Waals surface area contributed by atoms with Crippen molar-refractivity contribution in [3.8, 4) is 0 Å². The van der Waals surface area contributed by atoms with Gasteiger partial charge < -0.3 is 10.0 Å². The molecule has 0 unspecified atom stereocenters. The van der Waals surface area contributed by atoms with Crippen molar-refractivity contribution in [3.63, 3.8) is 0 Å². The number of carboxylic acids is 1. The lowest BCUT2D eigenvalue weighted by molar-refractivity contribution is -0.138. The Labute approximate surface area is 100 Å². The highest BCUT2D eigenvalue weighted by molar-refractivity contribution is 5.94. The molecule has 1 aromatic rings. The predicted molar refractivity (Wildman–Crippen MR) is 62.7 cm³/mol. The standard InChI is InChI=1S/C12H16N2O3/c1-12(2,3)14(8-10(15)16)11(17)9-6-4-5-7-13-9/h4-7H,8H2,1-3H3,(H,15,16). The van der Waals surface area contributed by atoms with E-state index in [2.05, 4.69) is 4.98 Å². The molecular weight excluding hydrogens is 220 g/mol. The van der Waals surface area contributed by atoms with Crippen LogP contribution in [0.1, 0.15) is 31.3 Å². The van der Waals surface area contributed by atoms with Crippen LogP contribution >= 0.6 is 0 Å². The number of hydrogen-bond acceptors (Lipinski definition) is 3. The van der Waals surface area contributed by atoms with E-state index in [1.807, 2.05) is 0 Å². The van der Waals surface area contributed by atoms with Gasteiger partial charge in [0.05, 0.1) is 0 Å². The molecular formula is C12H16N2O3. The lowest BCUT2D eigenvalue weighted by Gasteiger charge is -2.34. The molecule has 1 aromatic heterocycles. The molecule has 1 amide bonds. The summed E-state index contributed by atoms with van der Waals surface area (Å²) >= 11 is 0. The topological polar surface area (TPSA) is 70.5 Å². The van der Waals surface area contributed by atoms with Crippen LogP contribution in [0.4, 0.5) is 0 Å². The summed E-state index contributed by atoms with van der Waals surface area (Å²) in [5.41, 5.74) is -0.309. The number of nitrogens with zero attached hydrogens (tertiary/aromatic N) is 2. The first-order valence-corrected chi connectivity index (χ1v) is 5.27. The molecule has 0 aromatic carbocycles. The molecule has 0 spiro atoms. The zero-order valence-electron chi connectivity index (χ0n) is 10.2. The van der Waals surface area contributed by atoms with Crippen molar-refractivity contribution < 1.29 is 14.7 Å². The molecule has 0 bridgehead atoms. The number of aliphatic carboxylic acids is 1. The number of aromatic nitrogens is 1. The minimum Gasteiger partial charge on any atom is -0.480 e. The van der Waals surface area contributed by atoms with Crippen molar-refractivity contribution in [2.75, 3.05) is 6.54 Å². The number of rotatable bonds is 3. The van der Waals surface area contributed by atoms with E-state index < -0.39 is 11.5 Å². The van der Waals surface area contributed by atoms with Gasteiger partial charge in [0.25, 0.3) is 5.91 Å². The number of carbonyl (C=O) groups is 2. The highest BCUT2D eigenvalue weighted by Gasteiger charge is 2.29. The van der Waals surface area contributed by atoms with Gasteiger partial charge in [-0.25, -0.2) is 0 Å². The van der Waals surface area contributed by atoms with Crippen molar-refractivity contribution in [1.82, 2.24) is 9.88 Å². The molecule has 5 heteroatoms. The second-order valence-electron chi connectivity index (χ2n) is 4.67. The van der Waals surface area contributed by atoms with Crippen molar-refractivity contribution in [2.24, 2.45) is 0 Å². The Bertz CT molecular complexity index is 410. The highest BCUT2D eigenvalue weighted by atomic mass is 16.4. The van der Waals surface area contributed by atoms with E-state index in [1.54, 1.807) is 39.0 Å². The highest BCUT2D eigenvalue weighted by Crippen LogP contribution is 2.15. The quantitative estimate of drug-likeness (QED) is 0.861. The van der Waals surface area contributed by atoms with Gasteiger partial charge in [-0.05, 0) is 32.9 Å². The van der Waals surface area contributed by atoms with Gasteiger partial charge in [0.2, 0.25) is 0 Å². The fourth-order valence-corrected chi connectivity index (χ4v) is 1.38. The van der Waals surface area contributed by atoms with Gasteiger partial charge in [0, 0.05) is 11.7 Å². The van der Waals surface area contributed by atoms with Crippen LogP contribution in [0.5, 0.6) is 0 Å². The summed E-state index contributed by atoms with van der Waals surface area (Å²) in [6, 6.07) is 4.97. The first kappa shape index (κ1) is 13.2. The molecule has 0 aliphatic heterocycles. The van der Waals surface area contributed by atoms with E-state index in [1.165, 1.54) is 11.1 Å². The number of pyridine rings is 1. The van der Waals surface area contributed by atoms with E-state index >= 15 is 0 Å². The molecule has 0 fully saturated rings. The van der Waals surface area contributed by atoms with E-state index in [0.29, 0.717) is 0 Å². The van der Waals surface area contributed by atoms with Crippen molar-refractivity contribution in [1.29, 1.82) is 0 Å². The maximum absolute atomic E-state index is 12.1. The predicted octanol–water partition coefficient (Wildman–Crippen LogP) is 1.41. The fraction of sp³-hybridized carbons (Fsp3) is 0.417. The first-order valence-electron chi connectivity index (χ1n) is 5.27. The molecule has 0 radical (unpaired) electrons. The Morgan fingerprint density at radius 2 is 2.00 bits per heavy atom. The summed E-state index contributed by atoms with van der Waals surface area (Å²) in [6.07, 6.45) is 1.51. The third-order valence-corrected chi connectivity index (χ3v) is 2.23. The minimum absolute atomic E-state index is 0.253. The lowest BCUT2D eigenvalue weighted by atomic mass is 10.1. The van der Waals surface area contributed by atoms with Crippen molar-refractivity contribution >= 4 is 11.9 Å². The van der Waals surface area contributed by atoms with Crippen molar-refractivity contribution in [3.05, 3.63) is 30.1 Å². The van der Waals surface area contributed by atoms with Gasteiger partial charge in [-0.3, -0.25) is 14.6 Å². The largest absolute Gasteiger partial charge is 0.480 e. The van der Waals surface area contributed by atoms with Gasteiger partial charge in [0.15, 0.2) is 0 Å². The average molecular weight is 236 g/mol. The first-order chi connectivity index (χ1) is 7.82. The lowest BCUT2D eigenvalue weighted by Crippen LogP contribution is -2.48. The summed E-state index contributed by atoms with van der Waals surface area (Å²) in [7, 11) is 0. The summed E-state index contributed by atoms with van der Waals surface area (Å²) in [6.45, 7) is 5.03. The SMILES string of the molecule is CC(C)(C)N(CC(=O)O)C(=O)c1ccccn1. The number of hydrogen-bond donors (Lipinski definition) is 1. The summed E-state index contributed by atoms with van der Waals surface area (Å²) in [4.78, 5) is 28.1. The van der Waals surface area contributed by atoms with E-state index in [9.17, 15) is 9.59 Å².